The Balaban J connectivity index is 1.63. The summed E-state index contributed by atoms with van der Waals surface area (Å²) in [5.41, 5.74) is 4.48. The highest BCUT2D eigenvalue weighted by molar-refractivity contribution is 7.14. The van der Waals surface area contributed by atoms with Crippen LogP contribution in [0, 0.1) is 12.8 Å². The average Bonchev–Trinajstić information content (AvgIpc) is 3.17. The monoisotopic (exact) mass is 355 g/mol. The number of benzene rings is 1. The number of aromatic amines is 1. The second-order valence-electron chi connectivity index (χ2n) is 7.19. The molecule has 2 atom stereocenters. The predicted octanol–water partition coefficient (Wildman–Crippen LogP) is 5.60. The molecule has 4 rings (SSSR count). The molecular weight excluding hydrogens is 330 g/mol. The molecule has 2 heterocycles. The quantitative estimate of drug-likeness (QED) is 0.640. The van der Waals surface area contributed by atoms with Crippen LogP contribution < -0.4 is 10.1 Å². The summed E-state index contributed by atoms with van der Waals surface area (Å²) in [6.45, 7) is 4.46. The van der Waals surface area contributed by atoms with Crippen molar-refractivity contribution < 1.29 is 4.74 Å². The minimum absolute atomic E-state index is 0.562. The molecule has 1 fully saturated rings. The average molecular weight is 356 g/mol. The van der Waals surface area contributed by atoms with Crippen molar-refractivity contribution in [3.63, 3.8) is 0 Å². The maximum absolute atomic E-state index is 5.39. The number of H-pyrrole nitrogens is 1. The van der Waals surface area contributed by atoms with Crippen molar-refractivity contribution in [3.05, 3.63) is 29.3 Å². The van der Waals surface area contributed by atoms with Crippen LogP contribution in [-0.4, -0.2) is 23.1 Å². The maximum Gasteiger partial charge on any atom is 0.183 e. The third-order valence-corrected chi connectivity index (χ3v) is 5.99. The number of methoxy groups -OCH3 is 1. The van der Waals surface area contributed by atoms with E-state index in [0.29, 0.717) is 6.04 Å². The lowest BCUT2D eigenvalue weighted by Gasteiger charge is -2.27. The Hall–Kier alpha value is -2.01. The van der Waals surface area contributed by atoms with E-state index < -0.39 is 0 Å². The Morgan fingerprint density at radius 1 is 1.32 bits per heavy atom. The van der Waals surface area contributed by atoms with E-state index in [2.05, 4.69) is 41.7 Å². The topological polar surface area (TPSA) is 49.9 Å². The lowest BCUT2D eigenvalue weighted by atomic mass is 9.87. The first kappa shape index (κ1) is 16.5. The van der Waals surface area contributed by atoms with Crippen LogP contribution in [0.15, 0.2) is 23.6 Å². The molecule has 2 aromatic heterocycles. The molecule has 132 valence electrons. The van der Waals surface area contributed by atoms with Gasteiger partial charge in [-0.25, -0.2) is 4.98 Å². The van der Waals surface area contributed by atoms with E-state index in [1.807, 2.05) is 6.07 Å². The van der Waals surface area contributed by atoms with Crippen molar-refractivity contribution in [1.29, 1.82) is 0 Å². The largest absolute Gasteiger partial charge is 0.497 e. The summed E-state index contributed by atoms with van der Waals surface area (Å²) in [5.74, 6) is 1.69. The molecule has 0 unspecified atom stereocenters. The van der Waals surface area contributed by atoms with Crippen LogP contribution in [0.25, 0.3) is 22.2 Å². The molecule has 0 amide bonds. The summed E-state index contributed by atoms with van der Waals surface area (Å²) in [4.78, 5) is 8.35. The van der Waals surface area contributed by atoms with Gasteiger partial charge in [0.2, 0.25) is 0 Å². The number of anilines is 1. The van der Waals surface area contributed by atoms with Crippen LogP contribution in [0.3, 0.4) is 0 Å². The number of nitrogens with one attached hydrogen (secondary N) is 2. The Kier molecular flexibility index (Phi) is 4.42. The number of thiazole rings is 1. The van der Waals surface area contributed by atoms with Crippen molar-refractivity contribution in [1.82, 2.24) is 9.97 Å². The van der Waals surface area contributed by atoms with Crippen LogP contribution in [0.1, 0.15) is 38.3 Å². The van der Waals surface area contributed by atoms with E-state index in [-0.39, 0.29) is 0 Å². The van der Waals surface area contributed by atoms with E-state index in [4.69, 9.17) is 9.72 Å². The maximum atomic E-state index is 5.39. The Bertz CT molecular complexity index is 882. The van der Waals surface area contributed by atoms with E-state index in [1.54, 1.807) is 18.4 Å². The van der Waals surface area contributed by atoms with Crippen LogP contribution >= 0.6 is 11.3 Å². The number of rotatable bonds is 4. The Morgan fingerprint density at radius 2 is 2.20 bits per heavy atom. The van der Waals surface area contributed by atoms with E-state index in [0.717, 1.165) is 33.7 Å². The zero-order valence-electron chi connectivity index (χ0n) is 15.1. The predicted molar refractivity (Wildman–Crippen MR) is 106 cm³/mol. The highest BCUT2D eigenvalue weighted by atomic mass is 32.1. The van der Waals surface area contributed by atoms with Gasteiger partial charge in [-0.3, -0.25) is 0 Å². The molecule has 3 aromatic rings. The van der Waals surface area contributed by atoms with Gasteiger partial charge in [-0.15, -0.1) is 11.3 Å². The summed E-state index contributed by atoms with van der Waals surface area (Å²) < 4.78 is 5.39. The number of hydrogen-bond donors (Lipinski definition) is 2. The third kappa shape index (κ3) is 3.25. The number of fused-ring (bicyclic) bond motifs is 1. The number of aryl methyl sites for hydroxylation is 1. The summed E-state index contributed by atoms with van der Waals surface area (Å²) in [7, 11) is 1.70. The van der Waals surface area contributed by atoms with Gasteiger partial charge >= 0.3 is 0 Å². The lowest BCUT2D eigenvalue weighted by molar-refractivity contribution is 0.358. The van der Waals surface area contributed by atoms with Gasteiger partial charge < -0.3 is 15.0 Å². The van der Waals surface area contributed by atoms with Gasteiger partial charge in [-0.1, -0.05) is 19.8 Å². The third-order valence-electron chi connectivity index (χ3n) is 5.22. The SMILES string of the molecule is COc1ccc2[nH]c(C)c(-c3csc(N[C@@H]4CCC[C@H](C)C4)n3)c2c1. The normalized spacial score (nSPS) is 20.8. The number of aromatic nitrogens is 2. The van der Waals surface area contributed by atoms with Crippen LogP contribution in [-0.2, 0) is 0 Å². The van der Waals surface area contributed by atoms with E-state index in [1.165, 1.54) is 36.6 Å². The first-order valence-electron chi connectivity index (χ1n) is 9.03. The molecule has 1 aromatic carbocycles. The standard InChI is InChI=1S/C20H25N3OS/c1-12-5-4-6-14(9-12)22-20-23-18(11-25-20)19-13(2)21-17-8-7-15(24-3)10-16(17)19/h7-8,10-12,14,21H,4-6,9H2,1-3H3,(H,22,23)/t12-,14+/m0/s1. The van der Waals surface area contributed by atoms with Crippen LogP contribution in [0.5, 0.6) is 5.75 Å². The molecule has 1 aliphatic rings. The molecule has 0 radical (unpaired) electrons. The zero-order valence-corrected chi connectivity index (χ0v) is 15.9. The Labute approximate surface area is 152 Å². The first-order valence-corrected chi connectivity index (χ1v) is 9.90. The highest BCUT2D eigenvalue weighted by Crippen LogP contribution is 2.36. The van der Waals surface area contributed by atoms with Gasteiger partial charge in [0.05, 0.1) is 12.8 Å². The number of ether oxygens (including phenoxy) is 1. The summed E-state index contributed by atoms with van der Waals surface area (Å²) in [5, 5.41) is 8.01. The van der Waals surface area contributed by atoms with Crippen molar-refractivity contribution >= 4 is 27.4 Å². The van der Waals surface area contributed by atoms with Crippen molar-refractivity contribution in [2.45, 2.75) is 45.6 Å². The van der Waals surface area contributed by atoms with E-state index in [9.17, 15) is 0 Å². The minimum atomic E-state index is 0.562. The zero-order chi connectivity index (χ0) is 17.4. The fraction of sp³-hybridized carbons (Fsp3) is 0.450. The molecule has 1 saturated carbocycles. The summed E-state index contributed by atoms with van der Waals surface area (Å²) >= 11 is 1.70. The van der Waals surface area contributed by atoms with Gasteiger partial charge in [0.1, 0.15) is 5.75 Å². The fourth-order valence-electron chi connectivity index (χ4n) is 3.96. The molecule has 2 N–H and O–H groups in total. The molecule has 0 spiro atoms. The van der Waals surface area contributed by atoms with Gasteiger partial charge in [0.25, 0.3) is 0 Å². The van der Waals surface area contributed by atoms with Crippen LogP contribution in [0.4, 0.5) is 5.13 Å². The summed E-state index contributed by atoms with van der Waals surface area (Å²) in [6.07, 6.45) is 5.18. The highest BCUT2D eigenvalue weighted by Gasteiger charge is 2.20. The smallest absolute Gasteiger partial charge is 0.183 e. The molecule has 0 aliphatic heterocycles. The summed E-state index contributed by atoms with van der Waals surface area (Å²) in [6, 6.07) is 6.70. The number of nitrogens with zero attached hydrogens (tertiary/aromatic N) is 1. The molecule has 4 nitrogen and oxygen atoms in total. The number of hydrogen-bond acceptors (Lipinski definition) is 4. The van der Waals surface area contributed by atoms with Crippen molar-refractivity contribution in [2.24, 2.45) is 5.92 Å². The second kappa shape index (κ2) is 6.71. The minimum Gasteiger partial charge on any atom is -0.497 e. The second-order valence-corrected chi connectivity index (χ2v) is 8.05. The van der Waals surface area contributed by atoms with Crippen molar-refractivity contribution in [2.75, 3.05) is 12.4 Å². The fourth-order valence-corrected chi connectivity index (χ4v) is 4.74. The molecule has 0 saturated heterocycles. The van der Waals surface area contributed by atoms with Crippen molar-refractivity contribution in [3.8, 4) is 17.0 Å². The molecular formula is C20H25N3OS. The van der Waals surface area contributed by atoms with Gasteiger partial charge in [0, 0.05) is 33.6 Å². The van der Waals surface area contributed by atoms with Gasteiger partial charge in [0.15, 0.2) is 5.13 Å². The first-order chi connectivity index (χ1) is 12.1. The molecule has 0 bridgehead atoms. The Morgan fingerprint density at radius 3 is 3.00 bits per heavy atom. The lowest BCUT2D eigenvalue weighted by Crippen LogP contribution is -2.26. The van der Waals surface area contributed by atoms with Crippen LogP contribution in [0.2, 0.25) is 0 Å². The van der Waals surface area contributed by atoms with Gasteiger partial charge in [-0.2, -0.15) is 0 Å². The van der Waals surface area contributed by atoms with E-state index >= 15 is 0 Å². The molecule has 1 aliphatic carbocycles. The van der Waals surface area contributed by atoms with Gasteiger partial charge in [-0.05, 0) is 43.9 Å². The molecule has 25 heavy (non-hydrogen) atoms. The molecule has 5 heteroatoms.